The van der Waals surface area contributed by atoms with E-state index in [1.807, 2.05) is 6.07 Å². The van der Waals surface area contributed by atoms with Crippen molar-refractivity contribution in [3.63, 3.8) is 0 Å². The number of guanidine groups is 1. The molecule has 134 valence electrons. The number of benzene rings is 1. The lowest BCUT2D eigenvalue weighted by atomic mass is 9.88. The number of aliphatic imine (C=N–C) groups is 1. The Morgan fingerprint density at radius 3 is 2.58 bits per heavy atom. The number of likely N-dealkylation sites (N-methyl/N-ethyl adjacent to an activating group) is 1. The van der Waals surface area contributed by atoms with Gasteiger partial charge in [0.05, 0.1) is 0 Å². The summed E-state index contributed by atoms with van der Waals surface area (Å²) >= 11 is 0. The van der Waals surface area contributed by atoms with E-state index in [4.69, 9.17) is 4.74 Å². The first-order valence-corrected chi connectivity index (χ1v) is 8.41. The lowest BCUT2D eigenvalue weighted by Gasteiger charge is -2.43. The minimum atomic E-state index is -0.173. The summed E-state index contributed by atoms with van der Waals surface area (Å²) < 4.78 is 18.8. The minimum absolute atomic E-state index is 0.0856. The van der Waals surface area contributed by atoms with Gasteiger partial charge in [-0.05, 0) is 51.1 Å². The molecule has 2 rings (SSSR count). The molecular weight excluding hydrogens is 307 g/mol. The predicted octanol–water partition coefficient (Wildman–Crippen LogP) is 1.91. The average molecular weight is 336 g/mol. The van der Waals surface area contributed by atoms with Crippen LogP contribution in [0.15, 0.2) is 23.2 Å². The summed E-state index contributed by atoms with van der Waals surface area (Å²) in [6.45, 7) is 4.78. The Hall–Kier alpha value is -1.66. The first-order valence-electron chi connectivity index (χ1n) is 8.41. The largest absolute Gasteiger partial charge is 0.381 e. The van der Waals surface area contributed by atoms with Crippen LogP contribution in [0, 0.1) is 12.7 Å². The van der Waals surface area contributed by atoms with E-state index in [1.54, 1.807) is 20.0 Å². The molecule has 0 spiro atoms. The molecule has 0 aromatic heterocycles. The van der Waals surface area contributed by atoms with Gasteiger partial charge in [-0.15, -0.1) is 0 Å². The highest BCUT2D eigenvalue weighted by Gasteiger charge is 2.34. The van der Waals surface area contributed by atoms with Crippen molar-refractivity contribution < 1.29 is 9.13 Å². The van der Waals surface area contributed by atoms with Crippen LogP contribution in [-0.4, -0.2) is 57.3 Å². The molecule has 24 heavy (non-hydrogen) atoms. The zero-order valence-corrected chi connectivity index (χ0v) is 15.2. The molecule has 0 atom stereocenters. The molecular formula is C18H29FN4O. The Bertz CT molecular complexity index is 568. The highest BCUT2D eigenvalue weighted by atomic mass is 19.1. The molecule has 0 unspecified atom stereocenters. The fraction of sp³-hybridized carbons (Fsp3) is 0.611. The minimum Gasteiger partial charge on any atom is -0.381 e. The van der Waals surface area contributed by atoms with Gasteiger partial charge in [-0.25, -0.2) is 4.39 Å². The van der Waals surface area contributed by atoms with E-state index in [2.05, 4.69) is 34.6 Å². The molecule has 2 N–H and O–H groups in total. The number of nitrogens with one attached hydrogen (secondary N) is 2. The second-order valence-corrected chi connectivity index (χ2v) is 6.59. The SMILES string of the molecule is CN=C(NCc1ccc(F)c(C)c1)NCC1(N(C)C)CCOCC1. The topological polar surface area (TPSA) is 48.9 Å². The van der Waals surface area contributed by atoms with Crippen LogP contribution in [0.1, 0.15) is 24.0 Å². The molecule has 0 radical (unpaired) electrons. The molecule has 0 saturated carbocycles. The van der Waals surface area contributed by atoms with Crippen LogP contribution in [0.2, 0.25) is 0 Å². The van der Waals surface area contributed by atoms with Crippen molar-refractivity contribution in [2.24, 2.45) is 4.99 Å². The number of rotatable bonds is 5. The Labute approximate surface area is 144 Å². The highest BCUT2D eigenvalue weighted by Crippen LogP contribution is 2.25. The van der Waals surface area contributed by atoms with E-state index in [9.17, 15) is 4.39 Å². The fourth-order valence-corrected chi connectivity index (χ4v) is 3.00. The zero-order valence-electron chi connectivity index (χ0n) is 15.2. The van der Waals surface area contributed by atoms with Crippen LogP contribution in [0.3, 0.4) is 0 Å². The summed E-state index contributed by atoms with van der Waals surface area (Å²) in [5.74, 6) is 0.582. The van der Waals surface area contributed by atoms with Gasteiger partial charge >= 0.3 is 0 Å². The maximum absolute atomic E-state index is 13.3. The molecule has 1 saturated heterocycles. The molecule has 1 fully saturated rings. The summed E-state index contributed by atoms with van der Waals surface area (Å²) in [6, 6.07) is 5.16. The predicted molar refractivity (Wildman–Crippen MR) is 95.8 cm³/mol. The van der Waals surface area contributed by atoms with Crippen LogP contribution >= 0.6 is 0 Å². The van der Waals surface area contributed by atoms with Crippen molar-refractivity contribution in [2.45, 2.75) is 31.8 Å². The molecule has 1 heterocycles. The molecule has 1 aliphatic rings. The fourth-order valence-electron chi connectivity index (χ4n) is 3.00. The van der Waals surface area contributed by atoms with Crippen molar-refractivity contribution >= 4 is 5.96 Å². The van der Waals surface area contributed by atoms with Gasteiger partial charge in [-0.2, -0.15) is 0 Å². The number of halogens is 1. The Kier molecular flexibility index (Phi) is 6.57. The molecule has 5 nitrogen and oxygen atoms in total. The van der Waals surface area contributed by atoms with Gasteiger partial charge < -0.3 is 20.3 Å². The van der Waals surface area contributed by atoms with Crippen molar-refractivity contribution in [1.82, 2.24) is 15.5 Å². The second-order valence-electron chi connectivity index (χ2n) is 6.59. The lowest BCUT2D eigenvalue weighted by Crippen LogP contribution is -2.57. The quantitative estimate of drug-likeness (QED) is 0.637. The Morgan fingerprint density at radius 2 is 2.00 bits per heavy atom. The monoisotopic (exact) mass is 336 g/mol. The van der Waals surface area contributed by atoms with E-state index < -0.39 is 0 Å². The maximum atomic E-state index is 13.3. The van der Waals surface area contributed by atoms with Gasteiger partial charge in [-0.3, -0.25) is 4.99 Å². The Morgan fingerprint density at radius 1 is 1.29 bits per heavy atom. The molecule has 0 bridgehead atoms. The number of hydrogen-bond donors (Lipinski definition) is 2. The molecule has 1 aliphatic heterocycles. The molecule has 1 aromatic rings. The summed E-state index contributed by atoms with van der Waals surface area (Å²) in [5, 5.41) is 6.72. The standard InChI is InChI=1S/C18H29FN4O/c1-14-11-15(5-6-16(14)19)12-21-17(20-2)22-13-18(23(3)4)7-9-24-10-8-18/h5-6,11H,7-10,12-13H2,1-4H3,(H2,20,21,22). The smallest absolute Gasteiger partial charge is 0.191 e. The van der Waals surface area contributed by atoms with E-state index in [0.717, 1.165) is 44.1 Å². The third-order valence-electron chi connectivity index (χ3n) is 4.86. The van der Waals surface area contributed by atoms with Crippen LogP contribution < -0.4 is 10.6 Å². The summed E-state index contributed by atoms with van der Waals surface area (Å²) in [6.07, 6.45) is 2.00. The third-order valence-corrected chi connectivity index (χ3v) is 4.86. The van der Waals surface area contributed by atoms with Gasteiger partial charge in [0, 0.05) is 38.9 Å². The van der Waals surface area contributed by atoms with Crippen molar-refractivity contribution in [1.29, 1.82) is 0 Å². The van der Waals surface area contributed by atoms with Gasteiger partial charge in [0.1, 0.15) is 5.82 Å². The summed E-state index contributed by atoms with van der Waals surface area (Å²) in [4.78, 5) is 6.57. The molecule has 6 heteroatoms. The molecule has 0 amide bonds. The summed E-state index contributed by atoms with van der Waals surface area (Å²) in [5.41, 5.74) is 1.78. The van der Waals surface area contributed by atoms with E-state index in [-0.39, 0.29) is 11.4 Å². The lowest BCUT2D eigenvalue weighted by molar-refractivity contribution is -0.00501. The summed E-state index contributed by atoms with van der Waals surface area (Å²) in [7, 11) is 5.99. The Balaban J connectivity index is 1.90. The second kappa shape index (κ2) is 8.44. The van der Waals surface area contributed by atoms with Crippen molar-refractivity contribution in [3.05, 3.63) is 35.1 Å². The maximum Gasteiger partial charge on any atom is 0.191 e. The van der Waals surface area contributed by atoms with Crippen LogP contribution in [0.5, 0.6) is 0 Å². The highest BCUT2D eigenvalue weighted by molar-refractivity contribution is 5.79. The average Bonchev–Trinajstić information content (AvgIpc) is 2.58. The van der Waals surface area contributed by atoms with Crippen LogP contribution in [0.25, 0.3) is 0 Å². The van der Waals surface area contributed by atoms with E-state index >= 15 is 0 Å². The van der Waals surface area contributed by atoms with Gasteiger partial charge in [-0.1, -0.05) is 12.1 Å². The number of ether oxygens (including phenoxy) is 1. The number of aryl methyl sites for hydroxylation is 1. The van der Waals surface area contributed by atoms with E-state index in [0.29, 0.717) is 12.1 Å². The molecule has 1 aromatic carbocycles. The van der Waals surface area contributed by atoms with Gasteiger partial charge in [0.15, 0.2) is 5.96 Å². The van der Waals surface area contributed by atoms with Crippen LogP contribution in [-0.2, 0) is 11.3 Å². The molecule has 0 aliphatic carbocycles. The number of hydrogen-bond acceptors (Lipinski definition) is 3. The van der Waals surface area contributed by atoms with Crippen molar-refractivity contribution in [3.8, 4) is 0 Å². The first kappa shape index (κ1) is 18.7. The normalized spacial score (nSPS) is 17.8. The number of nitrogens with zero attached hydrogens (tertiary/aromatic N) is 2. The van der Waals surface area contributed by atoms with Gasteiger partial charge in [0.2, 0.25) is 0 Å². The first-order chi connectivity index (χ1) is 11.5. The van der Waals surface area contributed by atoms with E-state index in [1.165, 1.54) is 6.07 Å². The third kappa shape index (κ3) is 4.68. The van der Waals surface area contributed by atoms with Gasteiger partial charge in [0.25, 0.3) is 0 Å². The van der Waals surface area contributed by atoms with Crippen molar-refractivity contribution in [2.75, 3.05) is 40.9 Å². The zero-order chi connectivity index (χ0) is 17.6. The van der Waals surface area contributed by atoms with Crippen LogP contribution in [0.4, 0.5) is 4.39 Å².